The molecule has 0 unspecified atom stereocenters. The van der Waals surface area contributed by atoms with Gasteiger partial charge in [-0.1, -0.05) is 38.4 Å². The third-order valence-corrected chi connectivity index (χ3v) is 7.70. The Hall–Kier alpha value is -2.00. The van der Waals surface area contributed by atoms with E-state index in [-0.39, 0.29) is 15.3 Å². The van der Waals surface area contributed by atoms with Crippen molar-refractivity contribution in [2.45, 2.75) is 37.6 Å². The van der Waals surface area contributed by atoms with Gasteiger partial charge in [-0.05, 0) is 41.3 Å². The number of benzene rings is 2. The van der Waals surface area contributed by atoms with E-state index in [2.05, 4.69) is 42.8 Å². The van der Waals surface area contributed by atoms with Gasteiger partial charge in [0.2, 0.25) is 15.9 Å². The molecule has 9 heteroatoms. The van der Waals surface area contributed by atoms with Crippen LogP contribution in [0.3, 0.4) is 0 Å². The third kappa shape index (κ3) is 4.62. The number of nitrogens with zero attached hydrogens (tertiary/aromatic N) is 3. The summed E-state index contributed by atoms with van der Waals surface area (Å²) in [4.78, 5) is 6.73. The summed E-state index contributed by atoms with van der Waals surface area (Å²) < 4.78 is 46.4. The highest BCUT2D eigenvalue weighted by atomic mass is 35.5. The second-order valence-electron chi connectivity index (χ2n) is 8.80. The maximum absolute atomic E-state index is 13.4. The molecule has 3 aromatic rings. The van der Waals surface area contributed by atoms with Crippen LogP contribution in [0.15, 0.2) is 45.7 Å². The number of halogens is 2. The van der Waals surface area contributed by atoms with E-state index in [4.69, 9.17) is 16.0 Å². The molecule has 0 N–H and O–H groups in total. The number of aromatic nitrogens is 1. The van der Waals surface area contributed by atoms with Crippen LogP contribution in [0.25, 0.3) is 11.1 Å². The molecule has 0 atom stereocenters. The van der Waals surface area contributed by atoms with Crippen LogP contribution in [-0.4, -0.2) is 48.8 Å². The Balaban J connectivity index is 1.42. The van der Waals surface area contributed by atoms with Crippen LogP contribution < -0.4 is 0 Å². The van der Waals surface area contributed by atoms with Gasteiger partial charge in [-0.15, -0.1) is 0 Å². The topological polar surface area (TPSA) is 66.7 Å². The summed E-state index contributed by atoms with van der Waals surface area (Å²) in [6.45, 7) is 8.71. The number of rotatable bonds is 4. The Labute approximate surface area is 186 Å². The number of piperazine rings is 1. The summed E-state index contributed by atoms with van der Waals surface area (Å²) in [6, 6.07) is 9.54. The molecular weight excluding hydrogens is 441 g/mol. The van der Waals surface area contributed by atoms with Crippen molar-refractivity contribution in [2.75, 3.05) is 26.2 Å². The van der Waals surface area contributed by atoms with E-state index in [0.29, 0.717) is 38.6 Å². The highest BCUT2D eigenvalue weighted by Gasteiger charge is 2.29. The van der Waals surface area contributed by atoms with E-state index in [1.165, 1.54) is 15.9 Å². The fourth-order valence-electron chi connectivity index (χ4n) is 3.61. The van der Waals surface area contributed by atoms with E-state index >= 15 is 0 Å². The molecule has 0 radical (unpaired) electrons. The lowest BCUT2D eigenvalue weighted by molar-refractivity contribution is 0.169. The lowest BCUT2D eigenvalue weighted by atomic mass is 9.87. The first-order valence-corrected chi connectivity index (χ1v) is 11.9. The molecule has 2 aromatic carbocycles. The molecule has 166 valence electrons. The quantitative estimate of drug-likeness (QED) is 0.570. The minimum atomic E-state index is -3.72. The van der Waals surface area contributed by atoms with Gasteiger partial charge in [0.05, 0.1) is 16.5 Å². The Morgan fingerprint density at radius 2 is 1.81 bits per heavy atom. The minimum absolute atomic E-state index is 0.000883. The Kier molecular flexibility index (Phi) is 5.85. The van der Waals surface area contributed by atoms with Gasteiger partial charge in [0, 0.05) is 26.2 Å². The second kappa shape index (κ2) is 8.16. The zero-order chi connectivity index (χ0) is 22.4. The molecule has 0 bridgehead atoms. The van der Waals surface area contributed by atoms with Gasteiger partial charge >= 0.3 is 0 Å². The van der Waals surface area contributed by atoms with Crippen LogP contribution in [-0.2, 0) is 22.0 Å². The SMILES string of the molecule is CC(C)(C)c1ccc2oc(CN3CCN(S(=O)(=O)c4ccc(F)c(Cl)c4)CC3)nc2c1. The second-order valence-corrected chi connectivity index (χ2v) is 11.1. The van der Waals surface area contributed by atoms with Crippen molar-refractivity contribution in [3.05, 3.63) is 58.7 Å². The Morgan fingerprint density at radius 3 is 2.45 bits per heavy atom. The molecule has 6 nitrogen and oxygen atoms in total. The average Bonchev–Trinajstić information content (AvgIpc) is 3.11. The molecule has 2 heterocycles. The summed E-state index contributed by atoms with van der Waals surface area (Å²) in [5.74, 6) is -0.0268. The standard InChI is InChI=1S/C22H25ClFN3O3S/c1-22(2,3)15-4-7-20-19(12-15)25-21(30-20)14-26-8-10-27(11-9-26)31(28,29)16-5-6-18(24)17(23)13-16/h4-7,12-13H,8-11,14H2,1-3H3. The van der Waals surface area contributed by atoms with E-state index in [9.17, 15) is 12.8 Å². The maximum Gasteiger partial charge on any atom is 0.243 e. The van der Waals surface area contributed by atoms with Crippen molar-refractivity contribution in [1.29, 1.82) is 0 Å². The van der Waals surface area contributed by atoms with Crippen molar-refractivity contribution in [3.63, 3.8) is 0 Å². The van der Waals surface area contributed by atoms with Gasteiger partial charge in [-0.2, -0.15) is 4.31 Å². The van der Waals surface area contributed by atoms with Crippen LogP contribution in [0.4, 0.5) is 4.39 Å². The molecule has 0 spiro atoms. The average molecular weight is 466 g/mol. The van der Waals surface area contributed by atoms with Gasteiger partial charge in [-0.25, -0.2) is 17.8 Å². The smallest absolute Gasteiger partial charge is 0.243 e. The molecular formula is C22H25ClFN3O3S. The molecule has 1 aromatic heterocycles. The van der Waals surface area contributed by atoms with Gasteiger partial charge < -0.3 is 4.42 Å². The summed E-state index contributed by atoms with van der Waals surface area (Å²) in [5, 5.41) is -0.203. The molecule has 0 aliphatic carbocycles. The van der Waals surface area contributed by atoms with E-state index in [0.717, 1.165) is 23.2 Å². The monoisotopic (exact) mass is 465 g/mol. The Morgan fingerprint density at radius 1 is 1.10 bits per heavy atom. The fraction of sp³-hybridized carbons (Fsp3) is 0.409. The summed E-state index contributed by atoms with van der Waals surface area (Å²) in [7, 11) is -3.72. The van der Waals surface area contributed by atoms with Gasteiger partial charge in [0.25, 0.3) is 0 Å². The van der Waals surface area contributed by atoms with Crippen LogP contribution in [0.5, 0.6) is 0 Å². The van der Waals surface area contributed by atoms with Crippen LogP contribution >= 0.6 is 11.6 Å². The molecule has 0 saturated carbocycles. The van der Waals surface area contributed by atoms with Crippen LogP contribution in [0.2, 0.25) is 5.02 Å². The normalized spacial score (nSPS) is 16.8. The molecule has 1 saturated heterocycles. The van der Waals surface area contributed by atoms with E-state index in [1.54, 1.807) is 0 Å². The minimum Gasteiger partial charge on any atom is -0.439 e. The first-order valence-electron chi connectivity index (χ1n) is 10.1. The predicted octanol–water partition coefficient (Wildman–Crippen LogP) is 4.42. The highest BCUT2D eigenvalue weighted by Crippen LogP contribution is 2.27. The van der Waals surface area contributed by atoms with Crippen molar-refractivity contribution in [2.24, 2.45) is 0 Å². The number of sulfonamides is 1. The molecule has 1 fully saturated rings. The number of hydrogen-bond donors (Lipinski definition) is 0. The van der Waals surface area contributed by atoms with Gasteiger partial charge in [0.1, 0.15) is 11.3 Å². The largest absolute Gasteiger partial charge is 0.439 e. The number of fused-ring (bicyclic) bond motifs is 1. The van der Waals surface area contributed by atoms with Crippen LogP contribution in [0, 0.1) is 5.82 Å². The number of oxazole rings is 1. The van der Waals surface area contributed by atoms with Gasteiger partial charge in [0.15, 0.2) is 5.58 Å². The summed E-state index contributed by atoms with van der Waals surface area (Å²) >= 11 is 5.76. The lowest BCUT2D eigenvalue weighted by Gasteiger charge is -2.33. The van der Waals surface area contributed by atoms with Gasteiger partial charge in [-0.3, -0.25) is 4.90 Å². The summed E-state index contributed by atoms with van der Waals surface area (Å²) in [5.41, 5.74) is 2.80. The van der Waals surface area contributed by atoms with Crippen molar-refractivity contribution in [1.82, 2.24) is 14.2 Å². The van der Waals surface area contributed by atoms with E-state index < -0.39 is 15.8 Å². The predicted molar refractivity (Wildman–Crippen MR) is 118 cm³/mol. The fourth-order valence-corrected chi connectivity index (χ4v) is 5.31. The first kappa shape index (κ1) is 22.2. The Bertz CT molecular complexity index is 1210. The molecule has 1 aliphatic heterocycles. The molecule has 1 aliphatic rings. The number of hydrogen-bond acceptors (Lipinski definition) is 5. The maximum atomic E-state index is 13.4. The summed E-state index contributed by atoms with van der Waals surface area (Å²) in [6.07, 6.45) is 0. The van der Waals surface area contributed by atoms with E-state index in [1.807, 2.05) is 6.07 Å². The van der Waals surface area contributed by atoms with Crippen molar-refractivity contribution in [3.8, 4) is 0 Å². The van der Waals surface area contributed by atoms with Crippen LogP contribution in [0.1, 0.15) is 32.2 Å². The highest BCUT2D eigenvalue weighted by molar-refractivity contribution is 7.89. The molecule has 31 heavy (non-hydrogen) atoms. The molecule has 0 amide bonds. The third-order valence-electron chi connectivity index (χ3n) is 5.52. The first-order chi connectivity index (χ1) is 14.5. The van der Waals surface area contributed by atoms with Crippen molar-refractivity contribution < 1.29 is 17.2 Å². The van der Waals surface area contributed by atoms with Crippen molar-refractivity contribution >= 4 is 32.7 Å². The molecule has 4 rings (SSSR count). The zero-order valence-corrected chi connectivity index (χ0v) is 19.3. The lowest BCUT2D eigenvalue weighted by Crippen LogP contribution is -2.48. The zero-order valence-electron chi connectivity index (χ0n) is 17.7.